The molecule has 1 aromatic carbocycles. The number of guanidine groups is 1. The minimum Gasteiger partial charge on any atom is -0.379 e. The lowest BCUT2D eigenvalue weighted by atomic mass is 10.1. The lowest BCUT2D eigenvalue weighted by Crippen LogP contribution is -2.44. The second kappa shape index (κ2) is 11.7. The summed E-state index contributed by atoms with van der Waals surface area (Å²) in [6.45, 7) is 12.7. The summed E-state index contributed by atoms with van der Waals surface area (Å²) >= 11 is 0. The highest BCUT2D eigenvalue weighted by atomic mass is 127. The number of ether oxygens (including phenoxy) is 1. The van der Waals surface area contributed by atoms with E-state index in [1.54, 1.807) is 0 Å². The predicted octanol–water partition coefficient (Wildman–Crippen LogP) is 2.73. The van der Waals surface area contributed by atoms with Crippen molar-refractivity contribution in [3.63, 3.8) is 0 Å². The van der Waals surface area contributed by atoms with Gasteiger partial charge in [0.2, 0.25) is 0 Å². The molecule has 1 aliphatic heterocycles. The number of aliphatic imine (C=N–C) groups is 1. The van der Waals surface area contributed by atoms with Crippen LogP contribution < -0.4 is 5.32 Å². The first kappa shape index (κ1) is 22.2. The van der Waals surface area contributed by atoms with Crippen molar-refractivity contribution in [3.8, 4) is 0 Å². The van der Waals surface area contributed by atoms with Gasteiger partial charge in [-0.2, -0.15) is 0 Å². The molecule has 0 aliphatic carbocycles. The number of hydrogen-bond acceptors (Lipinski definition) is 3. The normalized spacial score (nSPS) is 16.9. The minimum atomic E-state index is 0. The minimum absolute atomic E-state index is 0. The standard InChI is InChI=1S/C19H32N4O.HI/c1-5-20-19(21-14-17(3)23-10-12-24-13-11-23)22(4)15-18-8-6-16(2)7-9-18;/h6-9,17H,5,10-15H2,1-4H3,(H,20,21);1H. The van der Waals surface area contributed by atoms with E-state index in [0.717, 1.165) is 51.9 Å². The maximum atomic E-state index is 5.43. The molecule has 1 atom stereocenters. The van der Waals surface area contributed by atoms with Gasteiger partial charge in [0.25, 0.3) is 0 Å². The maximum absolute atomic E-state index is 5.43. The lowest BCUT2D eigenvalue weighted by Gasteiger charge is -2.32. The van der Waals surface area contributed by atoms with Crippen molar-refractivity contribution < 1.29 is 4.74 Å². The van der Waals surface area contributed by atoms with Gasteiger partial charge in [-0.05, 0) is 26.3 Å². The monoisotopic (exact) mass is 460 g/mol. The molecule has 5 nitrogen and oxygen atoms in total. The highest BCUT2D eigenvalue weighted by molar-refractivity contribution is 14.0. The molecule has 0 amide bonds. The van der Waals surface area contributed by atoms with Gasteiger partial charge in [0.1, 0.15) is 0 Å². The highest BCUT2D eigenvalue weighted by Gasteiger charge is 2.17. The number of nitrogens with one attached hydrogen (secondary N) is 1. The van der Waals surface area contributed by atoms with E-state index in [1.165, 1.54) is 11.1 Å². The van der Waals surface area contributed by atoms with Gasteiger partial charge in [0.05, 0.1) is 19.8 Å². The van der Waals surface area contributed by atoms with Crippen molar-refractivity contribution >= 4 is 29.9 Å². The molecular formula is C19H33IN4O. The van der Waals surface area contributed by atoms with Crippen LogP contribution in [0.2, 0.25) is 0 Å². The molecule has 0 spiro atoms. The molecule has 1 unspecified atom stereocenters. The van der Waals surface area contributed by atoms with Crippen molar-refractivity contribution in [2.45, 2.75) is 33.4 Å². The first-order valence-corrected chi connectivity index (χ1v) is 8.97. The van der Waals surface area contributed by atoms with E-state index in [4.69, 9.17) is 9.73 Å². The summed E-state index contributed by atoms with van der Waals surface area (Å²) in [5.41, 5.74) is 2.59. The molecule has 1 aromatic rings. The summed E-state index contributed by atoms with van der Waals surface area (Å²) in [6, 6.07) is 9.13. The summed E-state index contributed by atoms with van der Waals surface area (Å²) in [4.78, 5) is 9.50. The number of halogens is 1. The van der Waals surface area contributed by atoms with E-state index >= 15 is 0 Å². The molecule has 1 aliphatic rings. The zero-order valence-corrected chi connectivity index (χ0v) is 18.3. The Morgan fingerprint density at radius 1 is 1.28 bits per heavy atom. The fourth-order valence-corrected chi connectivity index (χ4v) is 2.86. The van der Waals surface area contributed by atoms with Crippen molar-refractivity contribution in [2.24, 2.45) is 4.99 Å². The van der Waals surface area contributed by atoms with Gasteiger partial charge in [-0.15, -0.1) is 24.0 Å². The number of hydrogen-bond donors (Lipinski definition) is 1. The predicted molar refractivity (Wildman–Crippen MR) is 116 cm³/mol. The van der Waals surface area contributed by atoms with Gasteiger partial charge in [-0.3, -0.25) is 9.89 Å². The van der Waals surface area contributed by atoms with Crippen molar-refractivity contribution in [3.05, 3.63) is 35.4 Å². The van der Waals surface area contributed by atoms with E-state index < -0.39 is 0 Å². The Kier molecular flexibility index (Phi) is 10.4. The zero-order valence-electron chi connectivity index (χ0n) is 16.0. The van der Waals surface area contributed by atoms with Gasteiger partial charge in [-0.25, -0.2) is 0 Å². The van der Waals surface area contributed by atoms with Gasteiger partial charge < -0.3 is 15.0 Å². The van der Waals surface area contributed by atoms with Crippen LogP contribution in [-0.2, 0) is 11.3 Å². The number of nitrogens with zero attached hydrogens (tertiary/aromatic N) is 3. The Morgan fingerprint density at radius 3 is 2.52 bits per heavy atom. The summed E-state index contributed by atoms with van der Waals surface area (Å²) < 4.78 is 5.43. The first-order valence-electron chi connectivity index (χ1n) is 8.97. The van der Waals surface area contributed by atoms with Crippen LogP contribution in [0.3, 0.4) is 0 Å². The van der Waals surface area contributed by atoms with E-state index in [1.807, 2.05) is 0 Å². The second-order valence-electron chi connectivity index (χ2n) is 6.53. The third-order valence-electron chi connectivity index (χ3n) is 4.41. The van der Waals surface area contributed by atoms with Crippen molar-refractivity contribution in [1.29, 1.82) is 0 Å². The molecule has 0 radical (unpaired) electrons. The van der Waals surface area contributed by atoms with E-state index in [-0.39, 0.29) is 24.0 Å². The molecule has 6 heteroatoms. The van der Waals surface area contributed by atoms with Crippen LogP contribution >= 0.6 is 24.0 Å². The summed E-state index contributed by atoms with van der Waals surface area (Å²) in [5, 5.41) is 3.41. The molecule has 142 valence electrons. The first-order chi connectivity index (χ1) is 11.6. The fourth-order valence-electron chi connectivity index (χ4n) is 2.86. The molecule has 1 saturated heterocycles. The SMILES string of the molecule is CCNC(=NCC(C)N1CCOCC1)N(C)Cc1ccc(C)cc1.I. The smallest absolute Gasteiger partial charge is 0.194 e. The van der Waals surface area contributed by atoms with Gasteiger partial charge >= 0.3 is 0 Å². The van der Waals surface area contributed by atoms with E-state index in [0.29, 0.717) is 6.04 Å². The molecular weight excluding hydrogens is 427 g/mol. The Labute approximate surface area is 169 Å². The van der Waals surface area contributed by atoms with Crippen LogP contribution in [0, 0.1) is 6.92 Å². The molecule has 0 aromatic heterocycles. The molecule has 0 bridgehead atoms. The Hall–Kier alpha value is -0.860. The second-order valence-corrected chi connectivity index (χ2v) is 6.53. The fraction of sp³-hybridized carbons (Fsp3) is 0.632. The number of morpholine rings is 1. The molecule has 0 saturated carbocycles. The summed E-state index contributed by atoms with van der Waals surface area (Å²) in [5.74, 6) is 0.971. The van der Waals surface area contributed by atoms with Crippen LogP contribution in [-0.4, -0.2) is 68.2 Å². The average Bonchev–Trinajstić information content (AvgIpc) is 2.61. The topological polar surface area (TPSA) is 40.1 Å². The molecule has 1 heterocycles. The van der Waals surface area contributed by atoms with E-state index in [9.17, 15) is 0 Å². The molecule has 25 heavy (non-hydrogen) atoms. The Balaban J connectivity index is 0.00000312. The summed E-state index contributed by atoms with van der Waals surface area (Å²) in [6.07, 6.45) is 0. The van der Waals surface area contributed by atoms with Crippen LogP contribution in [0.4, 0.5) is 0 Å². The molecule has 2 rings (SSSR count). The highest BCUT2D eigenvalue weighted by Crippen LogP contribution is 2.07. The van der Waals surface area contributed by atoms with Gasteiger partial charge in [0.15, 0.2) is 5.96 Å². The van der Waals surface area contributed by atoms with E-state index in [2.05, 4.69) is 67.2 Å². The van der Waals surface area contributed by atoms with Crippen LogP contribution in [0.25, 0.3) is 0 Å². The number of benzene rings is 1. The summed E-state index contributed by atoms with van der Waals surface area (Å²) in [7, 11) is 2.10. The van der Waals surface area contributed by atoms with Crippen molar-refractivity contribution in [2.75, 3.05) is 46.4 Å². The van der Waals surface area contributed by atoms with Gasteiger partial charge in [0, 0.05) is 39.3 Å². The molecule has 1 N–H and O–H groups in total. The van der Waals surface area contributed by atoms with Crippen LogP contribution in [0.1, 0.15) is 25.0 Å². The van der Waals surface area contributed by atoms with Crippen LogP contribution in [0.15, 0.2) is 29.3 Å². The third-order valence-corrected chi connectivity index (χ3v) is 4.41. The van der Waals surface area contributed by atoms with Crippen molar-refractivity contribution in [1.82, 2.24) is 15.1 Å². The quantitative estimate of drug-likeness (QED) is 0.403. The largest absolute Gasteiger partial charge is 0.379 e. The Bertz CT molecular complexity index is 515. The van der Waals surface area contributed by atoms with Gasteiger partial charge in [-0.1, -0.05) is 29.8 Å². The zero-order chi connectivity index (χ0) is 17.4. The number of rotatable bonds is 6. The Morgan fingerprint density at radius 2 is 1.92 bits per heavy atom. The lowest BCUT2D eigenvalue weighted by molar-refractivity contribution is 0.0220. The third kappa shape index (κ3) is 7.50. The number of aryl methyl sites for hydroxylation is 1. The average molecular weight is 460 g/mol. The van der Waals surface area contributed by atoms with Crippen LogP contribution in [0.5, 0.6) is 0 Å². The maximum Gasteiger partial charge on any atom is 0.194 e. The molecule has 1 fully saturated rings.